The van der Waals surface area contributed by atoms with Crippen molar-refractivity contribution < 1.29 is 41.0 Å². The molecule has 0 saturated heterocycles. The fourth-order valence-corrected chi connectivity index (χ4v) is 4.19. The van der Waals surface area contributed by atoms with Crippen LogP contribution in [0.2, 0.25) is 0 Å². The van der Waals surface area contributed by atoms with Gasteiger partial charge in [0.05, 0.1) is 6.61 Å². The summed E-state index contributed by atoms with van der Waals surface area (Å²) in [7, 11) is 0. The van der Waals surface area contributed by atoms with Crippen molar-refractivity contribution in [1.82, 2.24) is 19.9 Å². The van der Waals surface area contributed by atoms with Crippen LogP contribution in [0.25, 0.3) is 0 Å². The summed E-state index contributed by atoms with van der Waals surface area (Å²) < 4.78 is 80.8. The van der Waals surface area contributed by atoms with Crippen molar-refractivity contribution in [2.24, 2.45) is 0 Å². The Morgan fingerprint density at radius 3 is 2.62 bits per heavy atom. The van der Waals surface area contributed by atoms with E-state index in [1.807, 2.05) is 6.07 Å². The molecule has 3 rings (SSSR count). The summed E-state index contributed by atoms with van der Waals surface area (Å²) in [6.45, 7) is -0.0118. The number of unbranched alkanes of at least 4 members (excludes halogenated alkanes) is 1. The first-order valence-electron chi connectivity index (χ1n) is 12.9. The number of carbonyl (C=O) groups is 1. The van der Waals surface area contributed by atoms with E-state index in [9.17, 15) is 36.2 Å². The zero-order valence-electron chi connectivity index (χ0n) is 21.7. The molecule has 0 aliphatic carbocycles. The number of aryl methyl sites for hydroxylation is 2. The number of hydrogen-bond acceptors (Lipinski definition) is 8. The van der Waals surface area contributed by atoms with E-state index in [0.717, 1.165) is 49.6 Å². The zero-order valence-corrected chi connectivity index (χ0v) is 21.7. The number of carboxylic acid groups (broad SMARTS) is 1. The van der Waals surface area contributed by atoms with Gasteiger partial charge in [-0.05, 0) is 62.8 Å². The minimum absolute atomic E-state index is 0.0436. The highest BCUT2D eigenvalue weighted by Crippen LogP contribution is 2.26. The first kappa shape index (κ1) is 31.3. The number of aromatic nitrogens is 3. The highest BCUT2D eigenvalue weighted by molar-refractivity contribution is 5.76. The summed E-state index contributed by atoms with van der Waals surface area (Å²) >= 11 is 0. The molecule has 1 aliphatic rings. The molecule has 0 spiro atoms. The molecular formula is C25H32F6N6O3. The Labute approximate surface area is 227 Å². The monoisotopic (exact) mass is 578 g/mol. The second kappa shape index (κ2) is 14.4. The average Bonchev–Trinajstić information content (AvgIpc) is 2.89. The topological polar surface area (TPSA) is 112 Å². The maximum Gasteiger partial charge on any atom is 0.451 e. The van der Waals surface area contributed by atoms with Crippen LogP contribution >= 0.6 is 0 Å². The van der Waals surface area contributed by atoms with Crippen molar-refractivity contribution in [1.29, 1.82) is 0 Å². The third-order valence-corrected chi connectivity index (χ3v) is 6.19. The lowest BCUT2D eigenvalue weighted by Gasteiger charge is -2.25. The smallest absolute Gasteiger partial charge is 0.451 e. The summed E-state index contributed by atoms with van der Waals surface area (Å²) in [5, 5.41) is 15.4. The van der Waals surface area contributed by atoms with E-state index in [1.165, 1.54) is 5.56 Å². The lowest BCUT2D eigenvalue weighted by Crippen LogP contribution is -2.37. The Hall–Kier alpha value is -3.20. The van der Waals surface area contributed by atoms with Gasteiger partial charge in [-0.3, -0.25) is 0 Å². The number of alkyl halides is 6. The van der Waals surface area contributed by atoms with Gasteiger partial charge in [-0.2, -0.15) is 26.3 Å². The number of hydrogen-bond donors (Lipinski definition) is 3. The minimum Gasteiger partial charge on any atom is -0.480 e. The van der Waals surface area contributed by atoms with Crippen molar-refractivity contribution in [3.63, 3.8) is 0 Å². The van der Waals surface area contributed by atoms with Gasteiger partial charge in [-0.25, -0.2) is 19.7 Å². The molecule has 40 heavy (non-hydrogen) atoms. The number of ether oxygens (including phenoxy) is 1. The van der Waals surface area contributed by atoms with Gasteiger partial charge in [0.25, 0.3) is 0 Å². The molecule has 1 atom stereocenters. The molecule has 0 fully saturated rings. The highest BCUT2D eigenvalue weighted by atomic mass is 19.4. The molecule has 0 amide bonds. The van der Waals surface area contributed by atoms with E-state index < -0.39 is 36.8 Å². The number of pyridine rings is 1. The Morgan fingerprint density at radius 2 is 1.90 bits per heavy atom. The second-order valence-corrected chi connectivity index (χ2v) is 9.39. The van der Waals surface area contributed by atoms with Crippen LogP contribution in [-0.2, 0) is 28.5 Å². The Bertz CT molecular complexity index is 1100. The fourth-order valence-electron chi connectivity index (χ4n) is 4.19. The van der Waals surface area contributed by atoms with Gasteiger partial charge in [0.2, 0.25) is 5.82 Å². The molecule has 3 N–H and O–H groups in total. The quantitative estimate of drug-likeness (QED) is 0.209. The summed E-state index contributed by atoms with van der Waals surface area (Å²) in [6, 6.07) is 3.87. The third-order valence-electron chi connectivity index (χ3n) is 6.19. The molecule has 2 aromatic heterocycles. The minimum atomic E-state index is -4.80. The molecule has 0 aromatic carbocycles. The third kappa shape index (κ3) is 10.8. The lowest BCUT2D eigenvalue weighted by atomic mass is 10.1. The van der Waals surface area contributed by atoms with Crippen molar-refractivity contribution in [3.05, 3.63) is 41.5 Å². The van der Waals surface area contributed by atoms with Crippen LogP contribution in [0.4, 0.5) is 38.0 Å². The van der Waals surface area contributed by atoms with Gasteiger partial charge >= 0.3 is 18.3 Å². The lowest BCUT2D eigenvalue weighted by molar-refractivity contribution is -0.174. The van der Waals surface area contributed by atoms with E-state index in [2.05, 4.69) is 31.7 Å². The molecule has 0 radical (unpaired) electrons. The number of nitrogens with one attached hydrogen (secondary N) is 2. The maximum atomic E-state index is 12.9. The van der Waals surface area contributed by atoms with Crippen molar-refractivity contribution in [3.8, 4) is 0 Å². The van der Waals surface area contributed by atoms with Crippen LogP contribution in [0.15, 0.2) is 24.4 Å². The summed E-state index contributed by atoms with van der Waals surface area (Å²) in [4.78, 5) is 24.7. The molecule has 1 aliphatic heterocycles. The molecule has 3 heterocycles. The largest absolute Gasteiger partial charge is 0.480 e. The molecular weight excluding hydrogens is 546 g/mol. The number of halogens is 6. The van der Waals surface area contributed by atoms with Crippen LogP contribution in [0.1, 0.15) is 42.8 Å². The maximum absolute atomic E-state index is 12.9. The normalized spacial score (nSPS) is 14.5. The highest BCUT2D eigenvalue weighted by Gasteiger charge is 2.35. The predicted octanol–water partition coefficient (Wildman–Crippen LogP) is 4.41. The van der Waals surface area contributed by atoms with Crippen LogP contribution in [-0.4, -0.2) is 82.5 Å². The number of aliphatic carboxylic acids is 1. The molecule has 0 bridgehead atoms. The summed E-state index contributed by atoms with van der Waals surface area (Å²) in [5.41, 5.74) is 2.10. The summed E-state index contributed by atoms with van der Waals surface area (Å²) in [6.07, 6.45) is -4.29. The predicted molar refractivity (Wildman–Crippen MR) is 134 cm³/mol. The van der Waals surface area contributed by atoms with Gasteiger partial charge in [-0.1, -0.05) is 6.07 Å². The first-order chi connectivity index (χ1) is 18.9. The van der Waals surface area contributed by atoms with E-state index >= 15 is 0 Å². The van der Waals surface area contributed by atoms with Crippen LogP contribution in [0.3, 0.4) is 0 Å². The van der Waals surface area contributed by atoms with Gasteiger partial charge in [-0.15, -0.1) is 0 Å². The Balaban J connectivity index is 1.54. The van der Waals surface area contributed by atoms with Crippen molar-refractivity contribution >= 4 is 17.6 Å². The number of nitrogens with zero attached hydrogens (tertiary/aromatic N) is 4. The fraction of sp³-hybridized carbons (Fsp3) is 0.600. The average molecular weight is 579 g/mol. The van der Waals surface area contributed by atoms with Gasteiger partial charge in [0.15, 0.2) is 0 Å². The number of anilines is 2. The molecule has 9 nitrogen and oxygen atoms in total. The van der Waals surface area contributed by atoms with E-state index in [-0.39, 0.29) is 31.9 Å². The molecule has 15 heteroatoms. The van der Waals surface area contributed by atoms with E-state index in [1.54, 1.807) is 4.90 Å². The van der Waals surface area contributed by atoms with E-state index in [4.69, 9.17) is 4.74 Å². The standard InChI is InChI=1S/C25H32F6N6O3/c26-24(27,28)16-40-15-14-37(12-2-1-5-18-7-6-17-4-3-10-32-21(17)34-18)13-9-19(22(38)39)35-20-8-11-33-23(36-20)25(29,30)31/h6-8,11,19H,1-5,9-10,12-16H2,(H,32,34)(H,38,39)(H,33,35,36). The van der Waals surface area contributed by atoms with Crippen LogP contribution in [0, 0.1) is 0 Å². The Kier molecular flexibility index (Phi) is 11.3. The van der Waals surface area contributed by atoms with Gasteiger partial charge in [0, 0.05) is 31.5 Å². The molecule has 2 aromatic rings. The van der Waals surface area contributed by atoms with Crippen LogP contribution < -0.4 is 10.6 Å². The van der Waals surface area contributed by atoms with Crippen LogP contribution in [0.5, 0.6) is 0 Å². The SMILES string of the molecule is O=C(O)C(CCN(CCCCc1ccc2c(n1)NCCC2)CCOCC(F)(F)F)Nc1ccnc(C(F)(F)F)n1. The molecule has 0 saturated carbocycles. The number of carboxylic acids is 1. The first-order valence-corrected chi connectivity index (χ1v) is 12.9. The number of rotatable bonds is 15. The van der Waals surface area contributed by atoms with Crippen molar-refractivity contribution in [2.75, 3.05) is 50.0 Å². The van der Waals surface area contributed by atoms with Crippen molar-refractivity contribution in [2.45, 2.75) is 56.9 Å². The molecule has 1 unspecified atom stereocenters. The van der Waals surface area contributed by atoms with E-state index in [0.29, 0.717) is 19.4 Å². The zero-order chi connectivity index (χ0) is 29.2. The second-order valence-electron chi connectivity index (χ2n) is 9.39. The number of fused-ring (bicyclic) bond motifs is 1. The Morgan fingerprint density at radius 1 is 1.10 bits per heavy atom. The van der Waals surface area contributed by atoms with Gasteiger partial charge in [0.1, 0.15) is 24.3 Å². The van der Waals surface area contributed by atoms with Gasteiger partial charge < -0.3 is 25.4 Å². The molecule has 222 valence electrons. The summed E-state index contributed by atoms with van der Waals surface area (Å²) in [5.74, 6) is -2.13.